The van der Waals surface area contributed by atoms with E-state index in [0.29, 0.717) is 0 Å². The van der Waals surface area contributed by atoms with Gasteiger partial charge in [-0.25, -0.2) is 0 Å². The minimum Gasteiger partial charge on any atom is -0.0885 e. The second-order valence-electron chi connectivity index (χ2n) is 10.9. The van der Waals surface area contributed by atoms with Crippen LogP contribution in [0.15, 0.2) is 24.3 Å². The fourth-order valence-electron chi connectivity index (χ4n) is 4.85. The lowest BCUT2D eigenvalue weighted by Crippen LogP contribution is -1.83. The lowest BCUT2D eigenvalue weighted by molar-refractivity contribution is 0.534. The maximum absolute atomic E-state index is 2.45. The van der Waals surface area contributed by atoms with Gasteiger partial charge in [-0.3, -0.25) is 0 Å². The van der Waals surface area contributed by atoms with Crippen LogP contribution < -0.4 is 0 Å². The summed E-state index contributed by atoms with van der Waals surface area (Å²) in [6.45, 7) is 4.58. The van der Waals surface area contributed by atoms with Gasteiger partial charge in [0.05, 0.1) is 0 Å². The van der Waals surface area contributed by atoms with Gasteiger partial charge in [0.25, 0.3) is 0 Å². The highest BCUT2D eigenvalue weighted by atomic mass is 14.0. The Bertz CT molecular complexity index is 391. The van der Waals surface area contributed by atoms with Crippen LogP contribution in [0.25, 0.3) is 0 Å². The highest BCUT2D eigenvalue weighted by Gasteiger charge is 1.95. The minimum atomic E-state index is 1.30. The predicted molar refractivity (Wildman–Crippen MR) is 159 cm³/mol. The Morgan fingerprint density at radius 1 is 0.235 bits per heavy atom. The van der Waals surface area contributed by atoms with Crippen molar-refractivity contribution in [3.8, 4) is 0 Å². The standard InChI is InChI=1S/C34H66/c1-3-5-7-9-11-13-15-17-19-21-23-25-27-29-31-33-34-32-30-28-26-24-22-20-18-16-14-12-10-8-6-4-2/h11,13,20,22H,3-10,12,14-19,21,23-34H2,1-2H3. The summed E-state index contributed by atoms with van der Waals surface area (Å²) in [5.41, 5.74) is 0. The molecule has 0 nitrogen and oxygen atoms in total. The molecule has 0 heteroatoms. The molecule has 0 amide bonds. The third-order valence-corrected chi connectivity index (χ3v) is 7.27. The molecule has 0 fully saturated rings. The molecule has 0 rings (SSSR count). The zero-order chi connectivity index (χ0) is 24.6. The van der Waals surface area contributed by atoms with Gasteiger partial charge in [0.2, 0.25) is 0 Å². The molecule has 0 aromatic carbocycles. The Morgan fingerprint density at radius 2 is 0.412 bits per heavy atom. The van der Waals surface area contributed by atoms with Gasteiger partial charge in [0.1, 0.15) is 0 Å². The number of unbranched alkanes of at least 4 members (excludes halogenated alkanes) is 25. The quantitative estimate of drug-likeness (QED) is 0.0746. The summed E-state index contributed by atoms with van der Waals surface area (Å²) in [6, 6.07) is 0. The number of hydrogen-bond donors (Lipinski definition) is 0. The Balaban J connectivity index is 3.08. The van der Waals surface area contributed by atoms with Gasteiger partial charge in [0, 0.05) is 0 Å². The predicted octanol–water partition coefficient (Wildman–Crippen LogP) is 13.1. The van der Waals surface area contributed by atoms with E-state index in [9.17, 15) is 0 Å². The summed E-state index contributed by atoms with van der Waals surface area (Å²) in [5, 5.41) is 0. The van der Waals surface area contributed by atoms with Crippen molar-refractivity contribution in [1.82, 2.24) is 0 Å². The Morgan fingerprint density at radius 3 is 0.676 bits per heavy atom. The molecule has 34 heavy (non-hydrogen) atoms. The molecule has 0 bridgehead atoms. The van der Waals surface area contributed by atoms with E-state index >= 15 is 0 Å². The molecule has 0 spiro atoms. The summed E-state index contributed by atoms with van der Waals surface area (Å²) in [4.78, 5) is 0. The topological polar surface area (TPSA) is 0 Å². The van der Waals surface area contributed by atoms with Crippen LogP contribution in [-0.2, 0) is 0 Å². The van der Waals surface area contributed by atoms with Gasteiger partial charge in [-0.15, -0.1) is 0 Å². The zero-order valence-electron chi connectivity index (χ0n) is 24.1. The van der Waals surface area contributed by atoms with E-state index in [1.165, 1.54) is 180 Å². The van der Waals surface area contributed by atoms with Crippen LogP contribution in [-0.4, -0.2) is 0 Å². The first-order valence-electron chi connectivity index (χ1n) is 16.2. The molecule has 0 N–H and O–H groups in total. The smallest absolute Gasteiger partial charge is 0.0351 e. The van der Waals surface area contributed by atoms with Crippen molar-refractivity contribution in [1.29, 1.82) is 0 Å². The van der Waals surface area contributed by atoms with Crippen LogP contribution in [0.3, 0.4) is 0 Å². The highest BCUT2D eigenvalue weighted by molar-refractivity contribution is 4.81. The van der Waals surface area contributed by atoms with E-state index in [0.717, 1.165) is 0 Å². The third-order valence-electron chi connectivity index (χ3n) is 7.27. The van der Waals surface area contributed by atoms with Crippen molar-refractivity contribution in [2.45, 2.75) is 194 Å². The molecule has 0 heterocycles. The summed E-state index contributed by atoms with van der Waals surface area (Å²) < 4.78 is 0. The van der Waals surface area contributed by atoms with E-state index in [-0.39, 0.29) is 0 Å². The second kappa shape index (κ2) is 32.5. The normalized spacial score (nSPS) is 11.9. The summed E-state index contributed by atoms with van der Waals surface area (Å²) in [5.74, 6) is 0. The molecule has 0 aromatic rings. The number of hydrogen-bond acceptors (Lipinski definition) is 0. The molecular formula is C34H66. The molecule has 0 saturated carbocycles. The van der Waals surface area contributed by atoms with Gasteiger partial charge in [-0.1, -0.05) is 167 Å². The second-order valence-corrected chi connectivity index (χ2v) is 10.9. The Hall–Kier alpha value is -0.520. The van der Waals surface area contributed by atoms with Crippen molar-refractivity contribution in [3.05, 3.63) is 24.3 Å². The van der Waals surface area contributed by atoms with Gasteiger partial charge in [-0.2, -0.15) is 0 Å². The lowest BCUT2D eigenvalue weighted by atomic mass is 10.0. The maximum atomic E-state index is 2.45. The average molecular weight is 475 g/mol. The SMILES string of the molecule is CCCCCC=CCCCCCCCCCCCCCCCCC=CCCCCCCCCC. The first kappa shape index (κ1) is 33.5. The average Bonchev–Trinajstić information content (AvgIpc) is 2.85. The van der Waals surface area contributed by atoms with Crippen LogP contribution in [0.2, 0.25) is 0 Å². The molecule has 0 saturated heterocycles. The van der Waals surface area contributed by atoms with E-state index in [2.05, 4.69) is 38.2 Å². The van der Waals surface area contributed by atoms with Crippen LogP contribution in [0.1, 0.15) is 194 Å². The van der Waals surface area contributed by atoms with Crippen LogP contribution >= 0.6 is 0 Å². The van der Waals surface area contributed by atoms with Crippen molar-refractivity contribution >= 4 is 0 Å². The number of rotatable bonds is 29. The largest absolute Gasteiger partial charge is 0.0885 e. The van der Waals surface area contributed by atoms with E-state index in [1.807, 2.05) is 0 Å². The molecule has 0 radical (unpaired) electrons. The summed E-state index contributed by atoms with van der Waals surface area (Å²) >= 11 is 0. The van der Waals surface area contributed by atoms with Gasteiger partial charge >= 0.3 is 0 Å². The monoisotopic (exact) mass is 475 g/mol. The van der Waals surface area contributed by atoms with Crippen molar-refractivity contribution in [2.75, 3.05) is 0 Å². The molecule has 0 aliphatic rings. The molecule has 0 unspecified atom stereocenters. The van der Waals surface area contributed by atoms with E-state index in [4.69, 9.17) is 0 Å². The molecule has 0 aliphatic heterocycles. The van der Waals surface area contributed by atoms with Crippen molar-refractivity contribution < 1.29 is 0 Å². The Kier molecular flexibility index (Phi) is 32.0. The van der Waals surface area contributed by atoms with Crippen LogP contribution in [0, 0.1) is 0 Å². The zero-order valence-corrected chi connectivity index (χ0v) is 24.1. The Labute approximate surface area is 217 Å². The fraction of sp³-hybridized carbons (Fsp3) is 0.882. The number of allylic oxidation sites excluding steroid dienone is 4. The highest BCUT2D eigenvalue weighted by Crippen LogP contribution is 2.14. The first-order valence-corrected chi connectivity index (χ1v) is 16.2. The first-order chi connectivity index (χ1) is 16.9. The lowest BCUT2D eigenvalue weighted by Gasteiger charge is -2.03. The van der Waals surface area contributed by atoms with Gasteiger partial charge < -0.3 is 0 Å². The molecular weight excluding hydrogens is 408 g/mol. The summed E-state index contributed by atoms with van der Waals surface area (Å²) in [7, 11) is 0. The van der Waals surface area contributed by atoms with Crippen molar-refractivity contribution in [3.63, 3.8) is 0 Å². The van der Waals surface area contributed by atoms with Crippen LogP contribution in [0.5, 0.6) is 0 Å². The van der Waals surface area contributed by atoms with Gasteiger partial charge in [0.15, 0.2) is 0 Å². The fourth-order valence-corrected chi connectivity index (χ4v) is 4.85. The maximum Gasteiger partial charge on any atom is -0.0351 e. The van der Waals surface area contributed by atoms with Crippen molar-refractivity contribution in [2.24, 2.45) is 0 Å². The third kappa shape index (κ3) is 31.5. The molecule has 0 atom stereocenters. The van der Waals surface area contributed by atoms with E-state index < -0.39 is 0 Å². The molecule has 202 valence electrons. The molecule has 0 aliphatic carbocycles. The summed E-state index contributed by atoms with van der Waals surface area (Å²) in [6.07, 6.45) is 49.4. The van der Waals surface area contributed by atoms with Crippen LogP contribution in [0.4, 0.5) is 0 Å². The minimum absolute atomic E-state index is 1.30. The van der Waals surface area contributed by atoms with Gasteiger partial charge in [-0.05, 0) is 51.4 Å². The molecule has 0 aromatic heterocycles. The van der Waals surface area contributed by atoms with E-state index in [1.54, 1.807) is 0 Å².